The van der Waals surface area contributed by atoms with Crippen molar-refractivity contribution in [1.29, 1.82) is 0 Å². The van der Waals surface area contributed by atoms with Crippen molar-refractivity contribution >= 4 is 21.5 Å². The van der Waals surface area contributed by atoms with E-state index in [2.05, 4.69) is 0 Å². The smallest absolute Gasteiger partial charge is 1.00 e. The molecule has 0 saturated carbocycles. The van der Waals surface area contributed by atoms with Gasteiger partial charge in [-0.15, -0.1) is 0 Å². The number of benzene rings is 2. The first-order valence-corrected chi connectivity index (χ1v) is 33.4. The maximum Gasteiger partial charge on any atom is -1.00 e. The van der Waals surface area contributed by atoms with Crippen molar-refractivity contribution in [2.24, 2.45) is 0 Å². The number of hydrogen-bond acceptors (Lipinski definition) is 0. The van der Waals surface area contributed by atoms with E-state index in [1.807, 2.05) is 0 Å². The van der Waals surface area contributed by atoms with Gasteiger partial charge in [0, 0.05) is 0 Å². The first kappa shape index (κ1) is 97.9. The molecule has 0 nitrogen and oxygen atoms in total. The monoisotopic (exact) mass is 1780 g/mol. The van der Waals surface area contributed by atoms with Gasteiger partial charge in [-0.2, -0.15) is 0 Å². The Morgan fingerprint density at radius 2 is 0.317 bits per heavy atom. The van der Waals surface area contributed by atoms with Crippen LogP contribution in [0.15, 0.2) is 60.7 Å². The molecule has 0 unspecified atom stereocenters. The van der Waals surface area contributed by atoms with Crippen LogP contribution in [-0.4, -0.2) is 168 Å². The van der Waals surface area contributed by atoms with Gasteiger partial charge in [0.15, 0.2) is 0 Å². The van der Waals surface area contributed by atoms with Crippen LogP contribution in [-0.2, 0) is 17.0 Å². The minimum Gasteiger partial charge on any atom is -1.00 e. The van der Waals surface area contributed by atoms with Crippen LogP contribution >= 0.6 is 10.9 Å². The van der Waals surface area contributed by atoms with Crippen LogP contribution in [0, 0.1) is 0 Å². The molecule has 101 heavy (non-hydrogen) atoms. The Morgan fingerprint density at radius 3 is 0.446 bits per heavy atom. The largest absolute Gasteiger partial charge is 1.00 e. The van der Waals surface area contributed by atoms with Crippen LogP contribution in [0.5, 0.6) is 0 Å². The maximum atomic E-state index is 15.9. The molecule has 0 atom stereocenters. The molecule has 0 fully saturated rings. The molecule has 0 heterocycles. The van der Waals surface area contributed by atoms with E-state index in [1.54, 1.807) is 0 Å². The van der Waals surface area contributed by atoms with Crippen molar-refractivity contribution in [3.05, 3.63) is 60.7 Å². The van der Waals surface area contributed by atoms with Crippen molar-refractivity contribution in [3.63, 3.8) is 0 Å². The first-order valence-electron chi connectivity index (χ1n) is 24.3. The molecule has 0 bridgehead atoms. The van der Waals surface area contributed by atoms with Gasteiger partial charge in [-0.3, -0.25) is 0 Å². The first-order chi connectivity index (χ1) is 42.7. The van der Waals surface area contributed by atoms with Crippen LogP contribution in [0.3, 0.4) is 0 Å². The molecule has 0 N–H and O–H groups in total. The normalized spacial score (nSPS) is 16.5. The molecular formula is C44H28Cl2F52P2Pd. The Hall–Kier alpha value is -3.10. The fraction of sp³-hybridized carbons (Fsp3) is 0.727. The fourth-order valence-corrected chi connectivity index (χ4v) is 46.1. The van der Waals surface area contributed by atoms with Gasteiger partial charge in [-0.1, -0.05) is 0 Å². The zero-order valence-electron chi connectivity index (χ0n) is 46.2. The Labute approximate surface area is 544 Å². The van der Waals surface area contributed by atoms with Gasteiger partial charge in [-0.05, 0) is 0 Å². The van der Waals surface area contributed by atoms with Gasteiger partial charge >= 0.3 is 521 Å². The SMILES string of the molecule is FC(F)(F)C(F)(F)C(F)(F)C(F)(F)C(F)(F)C(F)(F)CC[PH](CCC(F)(F)C(F)(F)C(F)(F)C(F)(F)C(F)(F)C(F)(F)F)([Pd+2][PH](CCC(F)(F)C(F)(F)C(F)(F)C(F)(F)C(F)(F)C(F)(F)F)(CCC(F)(F)C(F)(F)C(F)(F)C(F)(F)C(F)(F)C(F)(F)F)c1ccccc1)c1ccccc1.[Cl-].[Cl-]. The predicted molar refractivity (Wildman–Crippen MR) is 230 cm³/mol. The average Bonchev–Trinajstić information content (AvgIpc) is 0.728. The summed E-state index contributed by atoms with van der Waals surface area (Å²) < 4.78 is 750. The third-order valence-corrected chi connectivity index (χ3v) is 44.0. The topological polar surface area (TPSA) is 0 Å². The van der Waals surface area contributed by atoms with E-state index in [-0.39, 0.29) is 85.5 Å². The Morgan fingerprint density at radius 1 is 0.188 bits per heavy atom. The molecule has 0 amide bonds. The van der Waals surface area contributed by atoms with Gasteiger partial charge in [0.2, 0.25) is 0 Å². The second kappa shape index (κ2) is 28.2. The molecule has 2 aromatic carbocycles. The minimum atomic E-state index is -9.17. The summed E-state index contributed by atoms with van der Waals surface area (Å²) in [5.41, 5.74) is -15.2. The molecule has 0 aliphatic heterocycles. The average molecular weight is 1780 g/mol. The van der Waals surface area contributed by atoms with E-state index in [0.717, 1.165) is 0 Å². The summed E-state index contributed by atoms with van der Waals surface area (Å²) in [6.07, 6.45) is -65.2. The number of rotatable bonds is 32. The fourth-order valence-electron chi connectivity index (χ4n) is 8.05. The van der Waals surface area contributed by atoms with Crippen LogP contribution < -0.4 is 35.4 Å². The number of alkyl halides is 52. The van der Waals surface area contributed by atoms with Crippen molar-refractivity contribution in [2.75, 3.05) is 24.6 Å². The summed E-state index contributed by atoms with van der Waals surface area (Å²) in [4.78, 5) is 0. The summed E-state index contributed by atoms with van der Waals surface area (Å²) in [5, 5.41) is -4.22. The third-order valence-electron chi connectivity index (χ3n) is 14.1. The molecule has 0 aliphatic rings. The molecule has 602 valence electrons. The number of halogens is 54. The van der Waals surface area contributed by atoms with E-state index in [0.29, 0.717) is 0 Å². The predicted octanol–water partition coefficient (Wildman–Crippen LogP) is 15.6. The van der Waals surface area contributed by atoms with Gasteiger partial charge in [0.1, 0.15) is 0 Å². The molecule has 0 radical (unpaired) electrons. The molecule has 57 heteroatoms. The zero-order chi connectivity index (χ0) is 79.6. The summed E-state index contributed by atoms with van der Waals surface area (Å²) in [6.45, 7) is 0. The van der Waals surface area contributed by atoms with Crippen LogP contribution in [0.25, 0.3) is 0 Å². The summed E-state index contributed by atoms with van der Waals surface area (Å²) in [6, 6.07) is -1.12. The minimum absolute atomic E-state index is 0. The maximum absolute atomic E-state index is 15.9. The van der Waals surface area contributed by atoms with Gasteiger partial charge in [0.05, 0.1) is 0 Å². The van der Waals surface area contributed by atoms with Crippen LogP contribution in [0.4, 0.5) is 228 Å². The zero-order valence-corrected chi connectivity index (χ0v) is 51.2. The molecule has 2 aromatic rings. The van der Waals surface area contributed by atoms with Crippen molar-refractivity contribution in [3.8, 4) is 0 Å². The van der Waals surface area contributed by atoms with E-state index in [9.17, 15) is 158 Å². The van der Waals surface area contributed by atoms with Crippen LogP contribution in [0.2, 0.25) is 0 Å². The van der Waals surface area contributed by atoms with E-state index < -0.39 is 232 Å². The quantitative estimate of drug-likeness (QED) is 0.0389. The molecule has 2 rings (SSSR count). The second-order valence-corrected chi connectivity index (χ2v) is 40.5. The Bertz CT molecular complexity index is 2700. The van der Waals surface area contributed by atoms with Crippen molar-refractivity contribution in [1.82, 2.24) is 0 Å². The standard InChI is InChI=1S/2C22H13F26P.2ClH.Pd/c2*23-11(24,13(27,28)15(31,32)17(35,36)19(39,40)21(43,44)45)6-8-49(10-4-2-1-3-5-10)9-7-12(25,26)14(29,30)16(33,34)18(37,38)20(41,42)22(46,47)48;;;/h2*1-5H,6-9H2;2*1H;. The van der Waals surface area contributed by atoms with Gasteiger partial charge in [-0.25, -0.2) is 0 Å². The van der Waals surface area contributed by atoms with E-state index in [1.165, 1.54) is 0 Å². The van der Waals surface area contributed by atoms with Crippen molar-refractivity contribution in [2.45, 2.75) is 169 Å². The summed E-state index contributed by atoms with van der Waals surface area (Å²) in [5.74, 6) is -176. The Kier molecular flexibility index (Phi) is 27.3. The second-order valence-electron chi connectivity index (χ2n) is 20.6. The van der Waals surface area contributed by atoms with E-state index in [4.69, 9.17) is 0 Å². The Balaban J connectivity index is 0.0000500. The molecular weight excluding hydrogens is 1760 g/mol. The molecule has 0 aromatic heterocycles. The van der Waals surface area contributed by atoms with Crippen molar-refractivity contribution < 1.29 is 270 Å². The van der Waals surface area contributed by atoms with Gasteiger partial charge in [0.25, 0.3) is 0 Å². The molecule has 0 saturated heterocycles. The van der Waals surface area contributed by atoms with Gasteiger partial charge < -0.3 is 24.8 Å². The number of hydrogen-bond donors (Lipinski definition) is 0. The van der Waals surface area contributed by atoms with Crippen LogP contribution in [0.1, 0.15) is 25.7 Å². The molecule has 0 spiro atoms. The third kappa shape index (κ3) is 15.3. The summed E-state index contributed by atoms with van der Waals surface area (Å²) >= 11 is -4.20. The summed E-state index contributed by atoms with van der Waals surface area (Å²) in [7, 11) is 0. The molecule has 0 aliphatic carbocycles. The van der Waals surface area contributed by atoms with E-state index >= 15 is 70.2 Å².